The minimum atomic E-state index is 0. The topological polar surface area (TPSA) is 0 Å². The van der Waals surface area contributed by atoms with E-state index in [1.165, 1.54) is 120 Å². The summed E-state index contributed by atoms with van der Waals surface area (Å²) in [5, 5.41) is 0. The summed E-state index contributed by atoms with van der Waals surface area (Å²) in [4.78, 5) is 0. The van der Waals surface area contributed by atoms with Gasteiger partial charge in [-0.15, -0.1) is 11.6 Å². The summed E-state index contributed by atoms with van der Waals surface area (Å²) < 4.78 is 1.20. The molecule has 0 aliphatic rings. The van der Waals surface area contributed by atoms with Gasteiger partial charge in [-0.25, -0.2) is 0 Å². The van der Waals surface area contributed by atoms with Crippen LogP contribution in [0.1, 0.15) is 117 Å². The summed E-state index contributed by atoms with van der Waals surface area (Å²) in [6.07, 6.45) is 22.7. The van der Waals surface area contributed by atoms with Crippen molar-refractivity contribution in [2.75, 3.05) is 32.6 Å². The van der Waals surface area contributed by atoms with E-state index in [0.29, 0.717) is 0 Å². The van der Waals surface area contributed by atoms with Gasteiger partial charge in [-0.2, -0.15) is 0 Å². The monoisotopic (exact) mass is 409 g/mol. The van der Waals surface area contributed by atoms with Crippen molar-refractivity contribution in [2.24, 2.45) is 0 Å². The Balaban J connectivity index is 0. The SMILES string of the molecule is CCCCCCCCCC[N+](C)(CCCl)CCCCCCCCCC.[Cl-]. The molecule has 0 saturated heterocycles. The van der Waals surface area contributed by atoms with Gasteiger partial charge in [-0.05, 0) is 25.7 Å². The molecule has 0 N–H and O–H groups in total. The zero-order chi connectivity index (χ0) is 18.6. The first-order chi connectivity index (χ1) is 12.2. The molecule has 0 bridgehead atoms. The molecule has 26 heavy (non-hydrogen) atoms. The van der Waals surface area contributed by atoms with Gasteiger partial charge >= 0.3 is 0 Å². The molecule has 0 aliphatic heterocycles. The fourth-order valence-corrected chi connectivity index (χ4v) is 4.20. The lowest BCUT2D eigenvalue weighted by Gasteiger charge is -2.34. The second-order valence-electron chi connectivity index (χ2n) is 8.43. The Morgan fingerprint density at radius 1 is 0.500 bits per heavy atom. The van der Waals surface area contributed by atoms with Gasteiger partial charge in [0.25, 0.3) is 0 Å². The van der Waals surface area contributed by atoms with Gasteiger partial charge in [0.2, 0.25) is 0 Å². The van der Waals surface area contributed by atoms with Crippen molar-refractivity contribution in [3.8, 4) is 0 Å². The fourth-order valence-electron chi connectivity index (χ4n) is 3.79. The van der Waals surface area contributed by atoms with Crippen LogP contribution >= 0.6 is 11.6 Å². The summed E-state index contributed by atoms with van der Waals surface area (Å²) in [7, 11) is 2.44. The van der Waals surface area contributed by atoms with Crippen molar-refractivity contribution < 1.29 is 16.9 Å². The van der Waals surface area contributed by atoms with Gasteiger partial charge in [0.15, 0.2) is 0 Å². The first kappa shape index (κ1) is 28.7. The molecule has 0 unspecified atom stereocenters. The molecular weight excluding hydrogens is 361 g/mol. The van der Waals surface area contributed by atoms with Crippen LogP contribution in [0.2, 0.25) is 0 Å². The van der Waals surface area contributed by atoms with Crippen LogP contribution in [0.15, 0.2) is 0 Å². The molecule has 0 aromatic carbocycles. The van der Waals surface area contributed by atoms with Crippen LogP contribution in [-0.4, -0.2) is 37.0 Å². The number of rotatable bonds is 20. The van der Waals surface area contributed by atoms with E-state index in [0.717, 1.165) is 12.4 Å². The Hall–Kier alpha value is 0.540. The largest absolute Gasteiger partial charge is 1.00 e. The van der Waals surface area contributed by atoms with E-state index in [2.05, 4.69) is 20.9 Å². The van der Waals surface area contributed by atoms with Crippen LogP contribution in [0.25, 0.3) is 0 Å². The van der Waals surface area contributed by atoms with Crippen molar-refractivity contribution in [3.63, 3.8) is 0 Å². The minimum Gasteiger partial charge on any atom is -1.00 e. The van der Waals surface area contributed by atoms with Gasteiger partial charge in [0.05, 0.1) is 32.6 Å². The Kier molecular flexibility index (Phi) is 24.1. The van der Waals surface area contributed by atoms with E-state index in [9.17, 15) is 0 Å². The Morgan fingerprint density at radius 2 is 0.808 bits per heavy atom. The van der Waals surface area contributed by atoms with Gasteiger partial charge in [0, 0.05) is 0 Å². The quantitative estimate of drug-likeness (QED) is 0.151. The highest BCUT2D eigenvalue weighted by Gasteiger charge is 2.19. The normalized spacial score (nSPS) is 11.5. The lowest BCUT2D eigenvalue weighted by molar-refractivity contribution is -0.907. The summed E-state index contributed by atoms with van der Waals surface area (Å²) in [5.74, 6) is 0.810. The highest BCUT2D eigenvalue weighted by atomic mass is 35.5. The molecule has 0 aromatic rings. The number of hydrogen-bond acceptors (Lipinski definition) is 0. The third-order valence-corrected chi connectivity index (χ3v) is 5.90. The number of halogens is 2. The molecular formula is C23H49Cl2N. The third kappa shape index (κ3) is 19.3. The van der Waals surface area contributed by atoms with Crippen molar-refractivity contribution in [2.45, 2.75) is 117 Å². The van der Waals surface area contributed by atoms with Crippen LogP contribution in [0.5, 0.6) is 0 Å². The van der Waals surface area contributed by atoms with Crippen LogP contribution in [0.4, 0.5) is 0 Å². The molecule has 0 amide bonds. The van der Waals surface area contributed by atoms with Crippen LogP contribution in [-0.2, 0) is 0 Å². The average Bonchev–Trinajstić information content (AvgIpc) is 2.60. The van der Waals surface area contributed by atoms with Crippen LogP contribution in [0.3, 0.4) is 0 Å². The zero-order valence-corrected chi connectivity index (χ0v) is 19.9. The van der Waals surface area contributed by atoms with Gasteiger partial charge in [-0.1, -0.05) is 90.9 Å². The standard InChI is InChI=1S/C23H49ClN.ClH/c1-4-6-8-10-12-14-16-18-21-25(3,23-20-24)22-19-17-15-13-11-9-7-5-2;/h4-23H2,1-3H3;1H/q+1;/p-1. The van der Waals surface area contributed by atoms with Gasteiger partial charge in [-0.3, -0.25) is 0 Å². The van der Waals surface area contributed by atoms with E-state index in [4.69, 9.17) is 11.6 Å². The molecule has 0 rings (SSSR count). The van der Waals surface area contributed by atoms with E-state index in [1.807, 2.05) is 0 Å². The van der Waals surface area contributed by atoms with E-state index < -0.39 is 0 Å². The van der Waals surface area contributed by atoms with Crippen LogP contribution in [0, 0.1) is 0 Å². The predicted molar refractivity (Wildman–Crippen MR) is 117 cm³/mol. The minimum absolute atomic E-state index is 0. The second-order valence-corrected chi connectivity index (χ2v) is 8.81. The van der Waals surface area contributed by atoms with Crippen molar-refractivity contribution >= 4 is 11.6 Å². The number of alkyl halides is 1. The highest BCUT2D eigenvalue weighted by molar-refractivity contribution is 6.17. The zero-order valence-electron chi connectivity index (χ0n) is 18.3. The van der Waals surface area contributed by atoms with Crippen molar-refractivity contribution in [3.05, 3.63) is 0 Å². The average molecular weight is 411 g/mol. The molecule has 1 nitrogen and oxygen atoms in total. The lowest BCUT2D eigenvalue weighted by atomic mass is 10.1. The number of unbranched alkanes of at least 4 members (excludes halogenated alkanes) is 14. The molecule has 0 aromatic heterocycles. The molecule has 0 heterocycles. The number of hydrogen-bond donors (Lipinski definition) is 0. The van der Waals surface area contributed by atoms with Gasteiger partial charge < -0.3 is 16.9 Å². The fraction of sp³-hybridized carbons (Fsp3) is 1.00. The van der Waals surface area contributed by atoms with E-state index in [1.54, 1.807) is 0 Å². The first-order valence-corrected chi connectivity index (χ1v) is 12.1. The molecule has 0 spiro atoms. The third-order valence-electron chi connectivity index (χ3n) is 5.73. The maximum absolute atomic E-state index is 6.09. The van der Waals surface area contributed by atoms with Crippen molar-refractivity contribution in [1.29, 1.82) is 0 Å². The highest BCUT2D eigenvalue weighted by Crippen LogP contribution is 2.14. The molecule has 160 valence electrons. The Bertz CT molecular complexity index is 239. The summed E-state index contributed by atoms with van der Waals surface area (Å²) >= 11 is 6.09. The lowest BCUT2D eigenvalue weighted by Crippen LogP contribution is -3.00. The molecule has 0 fully saturated rings. The molecule has 0 saturated carbocycles. The number of nitrogens with zero attached hydrogens (tertiary/aromatic N) is 1. The summed E-state index contributed by atoms with van der Waals surface area (Å²) in [6, 6.07) is 0. The molecule has 3 heteroatoms. The Morgan fingerprint density at radius 3 is 1.12 bits per heavy atom. The van der Waals surface area contributed by atoms with E-state index in [-0.39, 0.29) is 12.4 Å². The first-order valence-electron chi connectivity index (χ1n) is 11.6. The maximum atomic E-state index is 6.09. The predicted octanol–water partition coefficient (Wildman–Crippen LogP) is 4.96. The smallest absolute Gasteiger partial charge is 0.0922 e. The molecule has 0 atom stereocenters. The van der Waals surface area contributed by atoms with E-state index >= 15 is 0 Å². The second kappa shape index (κ2) is 21.8. The Labute approximate surface area is 177 Å². The summed E-state index contributed by atoms with van der Waals surface area (Å²) in [5.41, 5.74) is 0. The van der Waals surface area contributed by atoms with Crippen molar-refractivity contribution in [1.82, 2.24) is 0 Å². The maximum Gasteiger partial charge on any atom is 0.0922 e. The van der Waals surface area contributed by atoms with Gasteiger partial charge in [0.1, 0.15) is 0 Å². The molecule has 0 radical (unpaired) electrons. The van der Waals surface area contributed by atoms with Crippen LogP contribution < -0.4 is 12.4 Å². The number of quaternary nitrogens is 1. The summed E-state index contributed by atoms with van der Waals surface area (Å²) in [6.45, 7) is 8.40. The molecule has 0 aliphatic carbocycles.